The molecular formula is C23H19FN2O2. The van der Waals surface area contributed by atoms with Gasteiger partial charge in [0.25, 0.3) is 0 Å². The Morgan fingerprint density at radius 3 is 2.29 bits per heavy atom. The van der Waals surface area contributed by atoms with Crippen molar-refractivity contribution in [2.24, 2.45) is 5.10 Å². The molecule has 0 fully saturated rings. The molecule has 0 spiro atoms. The van der Waals surface area contributed by atoms with Gasteiger partial charge < -0.3 is 4.74 Å². The van der Waals surface area contributed by atoms with Crippen LogP contribution in [0.25, 0.3) is 0 Å². The highest BCUT2D eigenvalue weighted by Crippen LogP contribution is 2.37. The maximum absolute atomic E-state index is 13.4. The molecule has 0 unspecified atom stereocenters. The molecule has 1 heterocycles. The minimum atomic E-state index is -0.264. The first-order valence-corrected chi connectivity index (χ1v) is 9.00. The molecule has 28 heavy (non-hydrogen) atoms. The van der Waals surface area contributed by atoms with E-state index in [1.165, 1.54) is 12.1 Å². The first-order chi connectivity index (χ1) is 13.7. The third kappa shape index (κ3) is 3.51. The van der Waals surface area contributed by atoms with Gasteiger partial charge in [0.1, 0.15) is 17.9 Å². The smallest absolute Gasteiger partial charge is 0.150 e. The van der Waals surface area contributed by atoms with Crippen LogP contribution in [-0.2, 0) is 0 Å². The molecule has 0 aliphatic carbocycles. The van der Waals surface area contributed by atoms with Crippen LogP contribution in [0.3, 0.4) is 0 Å². The molecule has 3 aromatic carbocycles. The second-order valence-electron chi connectivity index (χ2n) is 6.60. The molecule has 140 valence electrons. The van der Waals surface area contributed by atoms with Crippen molar-refractivity contribution < 1.29 is 13.9 Å². The highest BCUT2D eigenvalue weighted by Gasteiger charge is 2.30. The van der Waals surface area contributed by atoms with Crippen LogP contribution >= 0.6 is 0 Å². The third-order valence-electron chi connectivity index (χ3n) is 4.88. The Bertz CT molecular complexity index is 996. The number of halogens is 1. The van der Waals surface area contributed by atoms with Crippen molar-refractivity contribution in [1.29, 1.82) is 0 Å². The number of aldehydes is 1. The fraction of sp³-hybridized carbons (Fsp3) is 0.130. The molecule has 0 amide bonds. The highest BCUT2D eigenvalue weighted by molar-refractivity contribution is 6.03. The highest BCUT2D eigenvalue weighted by atomic mass is 19.1. The molecule has 0 aromatic heterocycles. The van der Waals surface area contributed by atoms with Gasteiger partial charge in [-0.15, -0.1) is 0 Å². The van der Waals surface area contributed by atoms with E-state index in [1.54, 1.807) is 31.4 Å². The Labute approximate surface area is 162 Å². The average molecular weight is 374 g/mol. The van der Waals surface area contributed by atoms with E-state index >= 15 is 0 Å². The fourth-order valence-corrected chi connectivity index (χ4v) is 3.36. The van der Waals surface area contributed by atoms with E-state index in [9.17, 15) is 9.18 Å². The van der Waals surface area contributed by atoms with Gasteiger partial charge in [-0.05, 0) is 71.8 Å². The van der Waals surface area contributed by atoms with Crippen LogP contribution in [0.2, 0.25) is 0 Å². The molecule has 1 aliphatic heterocycles. The number of carbonyl (C=O) groups excluding carboxylic acids is 1. The largest absolute Gasteiger partial charge is 0.497 e. The van der Waals surface area contributed by atoms with Crippen molar-refractivity contribution >= 4 is 17.7 Å². The Morgan fingerprint density at radius 2 is 1.68 bits per heavy atom. The van der Waals surface area contributed by atoms with Gasteiger partial charge in [-0.2, -0.15) is 5.10 Å². The van der Waals surface area contributed by atoms with Crippen LogP contribution in [-0.4, -0.2) is 19.1 Å². The van der Waals surface area contributed by atoms with Gasteiger partial charge in [0.05, 0.1) is 24.6 Å². The van der Waals surface area contributed by atoms with E-state index in [2.05, 4.69) is 0 Å². The Morgan fingerprint density at radius 1 is 1.00 bits per heavy atom. The molecule has 4 rings (SSSR count). The first kappa shape index (κ1) is 17.9. The number of carbonyl (C=O) groups is 1. The number of nitrogens with zero attached hydrogens (tertiary/aromatic N) is 2. The van der Waals surface area contributed by atoms with E-state index in [-0.39, 0.29) is 11.9 Å². The van der Waals surface area contributed by atoms with E-state index in [0.29, 0.717) is 12.0 Å². The number of ether oxygens (including phenoxy) is 1. The van der Waals surface area contributed by atoms with Gasteiger partial charge in [-0.3, -0.25) is 9.80 Å². The van der Waals surface area contributed by atoms with Crippen molar-refractivity contribution in [3.05, 3.63) is 95.3 Å². The maximum atomic E-state index is 13.4. The summed E-state index contributed by atoms with van der Waals surface area (Å²) in [5.41, 5.74) is 4.42. The molecule has 0 saturated heterocycles. The summed E-state index contributed by atoms with van der Waals surface area (Å²) in [7, 11) is 1.64. The summed E-state index contributed by atoms with van der Waals surface area (Å²) in [5.74, 6) is 0.527. The lowest BCUT2D eigenvalue weighted by atomic mass is 9.98. The van der Waals surface area contributed by atoms with Gasteiger partial charge in [0, 0.05) is 12.0 Å². The van der Waals surface area contributed by atoms with Gasteiger partial charge in [0.2, 0.25) is 0 Å². The number of methoxy groups -OCH3 is 1. The van der Waals surface area contributed by atoms with E-state index < -0.39 is 0 Å². The molecule has 0 saturated carbocycles. The predicted octanol–water partition coefficient (Wildman–Crippen LogP) is 5.00. The Kier molecular flexibility index (Phi) is 4.89. The Hall–Kier alpha value is -3.47. The zero-order chi connectivity index (χ0) is 19.5. The zero-order valence-electron chi connectivity index (χ0n) is 15.4. The third-order valence-corrected chi connectivity index (χ3v) is 4.88. The number of rotatable bonds is 5. The lowest BCUT2D eigenvalue weighted by Gasteiger charge is -2.24. The minimum absolute atomic E-state index is 0.0558. The molecule has 3 aromatic rings. The summed E-state index contributed by atoms with van der Waals surface area (Å²) in [6.07, 6.45) is 1.50. The number of benzene rings is 3. The second kappa shape index (κ2) is 7.64. The van der Waals surface area contributed by atoms with Gasteiger partial charge in [0.15, 0.2) is 0 Å². The molecule has 5 heteroatoms. The maximum Gasteiger partial charge on any atom is 0.150 e. The summed E-state index contributed by atoms with van der Waals surface area (Å²) in [6.45, 7) is 0. The average Bonchev–Trinajstić information content (AvgIpc) is 3.20. The molecule has 1 aliphatic rings. The van der Waals surface area contributed by atoms with E-state index in [0.717, 1.165) is 34.6 Å². The van der Waals surface area contributed by atoms with Crippen LogP contribution in [0.5, 0.6) is 5.75 Å². The van der Waals surface area contributed by atoms with Crippen molar-refractivity contribution in [2.45, 2.75) is 12.5 Å². The number of hydrazone groups is 1. The standard InChI is InChI=1S/C23H19FN2O2/c1-28-21-12-6-17(7-13-21)22-14-23(18-4-8-19(24)9-5-18)26(25-22)20-10-2-16(15-27)3-11-20/h2-13,15,23H,14H2,1H3/t23-/m1/s1. The summed E-state index contributed by atoms with van der Waals surface area (Å²) < 4.78 is 18.6. The van der Waals surface area contributed by atoms with E-state index in [4.69, 9.17) is 9.84 Å². The first-order valence-electron chi connectivity index (χ1n) is 9.00. The normalized spacial score (nSPS) is 16.0. The summed E-state index contributed by atoms with van der Waals surface area (Å²) >= 11 is 0. The molecule has 0 bridgehead atoms. The van der Waals surface area contributed by atoms with Crippen LogP contribution in [0.4, 0.5) is 10.1 Å². The Balaban J connectivity index is 1.72. The molecule has 0 radical (unpaired) electrons. The zero-order valence-corrected chi connectivity index (χ0v) is 15.4. The number of hydrogen-bond donors (Lipinski definition) is 0. The molecule has 4 nitrogen and oxygen atoms in total. The van der Waals surface area contributed by atoms with E-state index in [1.807, 2.05) is 41.4 Å². The van der Waals surface area contributed by atoms with Gasteiger partial charge in [-0.25, -0.2) is 4.39 Å². The topological polar surface area (TPSA) is 41.9 Å². The quantitative estimate of drug-likeness (QED) is 0.590. The lowest BCUT2D eigenvalue weighted by Crippen LogP contribution is -2.18. The SMILES string of the molecule is COc1ccc(C2=NN(c3ccc(C=O)cc3)[C@@H](c3ccc(F)cc3)C2)cc1. The van der Waals surface area contributed by atoms with Crippen LogP contribution in [0.1, 0.15) is 33.9 Å². The van der Waals surface area contributed by atoms with Crippen LogP contribution < -0.4 is 9.75 Å². The lowest BCUT2D eigenvalue weighted by molar-refractivity contribution is 0.112. The predicted molar refractivity (Wildman–Crippen MR) is 108 cm³/mol. The number of hydrogen-bond acceptors (Lipinski definition) is 4. The van der Waals surface area contributed by atoms with Crippen molar-refractivity contribution in [3.63, 3.8) is 0 Å². The molecule has 1 atom stereocenters. The fourth-order valence-electron chi connectivity index (χ4n) is 3.36. The van der Waals surface area contributed by atoms with Gasteiger partial charge in [-0.1, -0.05) is 12.1 Å². The van der Waals surface area contributed by atoms with Gasteiger partial charge >= 0.3 is 0 Å². The minimum Gasteiger partial charge on any atom is -0.497 e. The summed E-state index contributed by atoms with van der Waals surface area (Å²) in [4.78, 5) is 11.0. The van der Waals surface area contributed by atoms with Crippen molar-refractivity contribution in [2.75, 3.05) is 12.1 Å². The molecular weight excluding hydrogens is 355 g/mol. The summed E-state index contributed by atoms with van der Waals surface area (Å²) in [6, 6.07) is 21.5. The van der Waals surface area contributed by atoms with Crippen LogP contribution in [0.15, 0.2) is 77.9 Å². The second-order valence-corrected chi connectivity index (χ2v) is 6.60. The summed E-state index contributed by atoms with van der Waals surface area (Å²) in [5, 5.41) is 6.78. The monoisotopic (exact) mass is 374 g/mol. The molecule has 0 N–H and O–H groups in total. The van der Waals surface area contributed by atoms with Crippen LogP contribution in [0, 0.1) is 5.82 Å². The van der Waals surface area contributed by atoms with Crippen molar-refractivity contribution in [1.82, 2.24) is 0 Å². The number of anilines is 1. The van der Waals surface area contributed by atoms with Crippen molar-refractivity contribution in [3.8, 4) is 5.75 Å².